The Bertz CT molecular complexity index is 1080. The number of nitrogens with zero attached hydrogens (tertiary/aromatic N) is 4. The summed E-state index contributed by atoms with van der Waals surface area (Å²) in [7, 11) is 3.97. The molecule has 0 saturated heterocycles. The molecule has 1 heterocycles. The Morgan fingerprint density at radius 3 is 2.57 bits per heavy atom. The quantitative estimate of drug-likeness (QED) is 0.281. The lowest BCUT2D eigenvalue weighted by Crippen LogP contribution is -2.32. The van der Waals surface area contributed by atoms with E-state index in [0.29, 0.717) is 27.8 Å². The molecule has 156 valence electrons. The van der Waals surface area contributed by atoms with Gasteiger partial charge in [0.25, 0.3) is 11.6 Å². The normalized spacial score (nSPS) is 11.5. The van der Waals surface area contributed by atoms with Crippen molar-refractivity contribution in [1.82, 2.24) is 9.88 Å². The van der Waals surface area contributed by atoms with Crippen molar-refractivity contribution in [3.8, 4) is 0 Å². The number of non-ortho nitro benzene ring substituents is 1. The first-order valence-corrected chi connectivity index (χ1v) is 10.5. The summed E-state index contributed by atoms with van der Waals surface area (Å²) in [5.74, 6) is -0.206. The molecule has 0 unspecified atom stereocenters. The number of fused-ring (bicyclic) bond motifs is 1. The van der Waals surface area contributed by atoms with Crippen LogP contribution in [0.4, 0.5) is 10.8 Å². The second-order valence-corrected chi connectivity index (χ2v) is 8.33. The molecule has 0 aliphatic carbocycles. The summed E-state index contributed by atoms with van der Waals surface area (Å²) in [5, 5.41) is 11.9. The van der Waals surface area contributed by atoms with Crippen molar-refractivity contribution in [2.24, 2.45) is 0 Å². The smallest absolute Gasteiger partial charge is 0.269 e. The average Bonchev–Trinajstić information content (AvgIpc) is 3.15. The Morgan fingerprint density at radius 2 is 1.93 bits per heavy atom. The molecule has 0 aliphatic rings. The van der Waals surface area contributed by atoms with Crippen molar-refractivity contribution in [2.75, 3.05) is 32.1 Å². The third kappa shape index (κ3) is 5.41. The second-order valence-electron chi connectivity index (χ2n) is 6.91. The summed E-state index contributed by atoms with van der Waals surface area (Å²) in [4.78, 5) is 31.6. The van der Waals surface area contributed by atoms with E-state index < -0.39 is 4.92 Å². The van der Waals surface area contributed by atoms with Gasteiger partial charge in [-0.05, 0) is 63.0 Å². The summed E-state index contributed by atoms with van der Waals surface area (Å²) in [6, 6.07) is 11.6. The molecular formula is C21H21ClN4O3S. The van der Waals surface area contributed by atoms with Crippen molar-refractivity contribution in [1.29, 1.82) is 0 Å². The molecule has 3 aromatic rings. The topological polar surface area (TPSA) is 79.6 Å². The summed E-state index contributed by atoms with van der Waals surface area (Å²) in [5.41, 5.74) is 1.40. The fraction of sp³-hybridized carbons (Fsp3) is 0.238. The maximum Gasteiger partial charge on any atom is 0.269 e. The number of hydrogen-bond donors (Lipinski definition) is 0. The molecule has 3 rings (SSSR count). The van der Waals surface area contributed by atoms with Crippen LogP contribution in [0.2, 0.25) is 5.02 Å². The van der Waals surface area contributed by atoms with E-state index in [1.54, 1.807) is 29.2 Å². The molecule has 0 spiro atoms. The van der Waals surface area contributed by atoms with Gasteiger partial charge in [0.05, 0.1) is 14.6 Å². The first-order valence-electron chi connectivity index (χ1n) is 9.29. The van der Waals surface area contributed by atoms with Crippen molar-refractivity contribution >= 4 is 56.0 Å². The van der Waals surface area contributed by atoms with Gasteiger partial charge in [0.15, 0.2) is 5.13 Å². The van der Waals surface area contributed by atoms with Crippen molar-refractivity contribution in [3.05, 3.63) is 69.2 Å². The third-order valence-corrected chi connectivity index (χ3v) is 5.71. The number of thiazole rings is 1. The molecule has 0 N–H and O–H groups in total. The first-order chi connectivity index (χ1) is 14.3. The number of nitro benzene ring substituents is 1. The number of halogens is 1. The highest BCUT2D eigenvalue weighted by Crippen LogP contribution is 2.33. The van der Waals surface area contributed by atoms with E-state index in [4.69, 9.17) is 11.6 Å². The number of hydrogen-bond acceptors (Lipinski definition) is 6. The van der Waals surface area contributed by atoms with Gasteiger partial charge in [0, 0.05) is 24.8 Å². The zero-order valence-corrected chi connectivity index (χ0v) is 18.2. The van der Waals surface area contributed by atoms with Gasteiger partial charge in [-0.3, -0.25) is 19.8 Å². The van der Waals surface area contributed by atoms with Gasteiger partial charge >= 0.3 is 0 Å². The predicted molar refractivity (Wildman–Crippen MR) is 122 cm³/mol. The first kappa shape index (κ1) is 21.9. The number of anilines is 1. The third-order valence-electron chi connectivity index (χ3n) is 4.36. The molecule has 0 atom stereocenters. The van der Waals surface area contributed by atoms with Crippen LogP contribution in [0.3, 0.4) is 0 Å². The molecule has 0 fully saturated rings. The Hall–Kier alpha value is -2.81. The molecule has 30 heavy (non-hydrogen) atoms. The minimum Gasteiger partial charge on any atom is -0.309 e. The minimum atomic E-state index is -0.455. The summed E-state index contributed by atoms with van der Waals surface area (Å²) in [6.45, 7) is 1.35. The fourth-order valence-corrected chi connectivity index (χ4v) is 4.13. The van der Waals surface area contributed by atoms with Crippen LogP contribution < -0.4 is 4.90 Å². The molecule has 0 bridgehead atoms. The summed E-state index contributed by atoms with van der Waals surface area (Å²) in [6.07, 6.45) is 3.89. The lowest BCUT2D eigenvalue weighted by atomic mass is 10.2. The van der Waals surface area contributed by atoms with E-state index in [9.17, 15) is 14.9 Å². The number of carbonyl (C=O) groups is 1. The van der Waals surface area contributed by atoms with Crippen LogP contribution in [-0.4, -0.2) is 47.9 Å². The van der Waals surface area contributed by atoms with Gasteiger partial charge in [-0.15, -0.1) is 0 Å². The van der Waals surface area contributed by atoms with E-state index in [1.807, 2.05) is 26.2 Å². The Kier molecular flexibility index (Phi) is 7.15. The molecule has 1 aromatic heterocycles. The Labute approximate surface area is 183 Å². The summed E-state index contributed by atoms with van der Waals surface area (Å²) < 4.78 is 0.919. The lowest BCUT2D eigenvalue weighted by Gasteiger charge is -2.19. The largest absolute Gasteiger partial charge is 0.309 e. The van der Waals surface area contributed by atoms with Crippen LogP contribution in [0.15, 0.2) is 48.5 Å². The van der Waals surface area contributed by atoms with E-state index in [0.717, 1.165) is 17.7 Å². The molecular weight excluding hydrogens is 424 g/mol. The molecule has 7 nitrogen and oxygen atoms in total. The van der Waals surface area contributed by atoms with E-state index in [-0.39, 0.29) is 11.6 Å². The molecule has 0 radical (unpaired) electrons. The predicted octanol–water partition coefficient (Wildman–Crippen LogP) is 4.86. The van der Waals surface area contributed by atoms with E-state index in [1.165, 1.54) is 29.5 Å². The highest BCUT2D eigenvalue weighted by molar-refractivity contribution is 7.22. The van der Waals surface area contributed by atoms with Crippen LogP contribution in [0.25, 0.3) is 16.3 Å². The van der Waals surface area contributed by atoms with Gasteiger partial charge in [-0.25, -0.2) is 4.98 Å². The SMILES string of the molecule is CN(C)CCCN(C(=O)C=Cc1ccc([N+](=O)[O-])cc1)c1nc2c(Cl)cccc2s1. The Balaban J connectivity index is 1.83. The maximum atomic E-state index is 13.0. The van der Waals surface area contributed by atoms with Crippen LogP contribution in [0, 0.1) is 10.1 Å². The molecule has 0 aliphatic heterocycles. The van der Waals surface area contributed by atoms with Crippen LogP contribution in [-0.2, 0) is 4.79 Å². The fourth-order valence-electron chi connectivity index (χ4n) is 2.83. The highest BCUT2D eigenvalue weighted by Gasteiger charge is 2.18. The second kappa shape index (κ2) is 9.80. The van der Waals surface area contributed by atoms with Crippen molar-refractivity contribution in [3.63, 3.8) is 0 Å². The number of benzene rings is 2. The number of carbonyl (C=O) groups excluding carboxylic acids is 1. The molecule has 1 amide bonds. The van der Waals surface area contributed by atoms with Crippen LogP contribution in [0.5, 0.6) is 0 Å². The lowest BCUT2D eigenvalue weighted by molar-refractivity contribution is -0.384. The average molecular weight is 445 g/mol. The summed E-state index contributed by atoms with van der Waals surface area (Å²) >= 11 is 7.67. The van der Waals surface area contributed by atoms with Gasteiger partial charge < -0.3 is 4.90 Å². The maximum absolute atomic E-state index is 13.0. The van der Waals surface area contributed by atoms with Gasteiger partial charge in [0.1, 0.15) is 5.52 Å². The van der Waals surface area contributed by atoms with Crippen LogP contribution in [0.1, 0.15) is 12.0 Å². The van der Waals surface area contributed by atoms with Gasteiger partial charge in [-0.2, -0.15) is 0 Å². The van der Waals surface area contributed by atoms with E-state index in [2.05, 4.69) is 9.88 Å². The number of nitro groups is 1. The van der Waals surface area contributed by atoms with E-state index >= 15 is 0 Å². The highest BCUT2D eigenvalue weighted by atomic mass is 35.5. The molecule has 2 aromatic carbocycles. The Morgan fingerprint density at radius 1 is 1.20 bits per heavy atom. The van der Waals surface area contributed by atoms with Gasteiger partial charge in [-0.1, -0.05) is 29.0 Å². The number of para-hydroxylation sites is 1. The molecule has 9 heteroatoms. The minimum absolute atomic E-state index is 0.00939. The monoisotopic (exact) mass is 444 g/mol. The van der Waals surface area contributed by atoms with Crippen molar-refractivity contribution < 1.29 is 9.72 Å². The zero-order valence-electron chi connectivity index (χ0n) is 16.6. The molecule has 0 saturated carbocycles. The van der Waals surface area contributed by atoms with Crippen LogP contribution >= 0.6 is 22.9 Å². The van der Waals surface area contributed by atoms with Gasteiger partial charge in [0.2, 0.25) is 0 Å². The van der Waals surface area contributed by atoms with Crippen molar-refractivity contribution in [2.45, 2.75) is 6.42 Å². The number of rotatable bonds is 8. The standard InChI is InChI=1S/C21H21ClN4O3S/c1-24(2)13-4-14-25(21-23-20-17(22)5-3-6-18(20)30-21)19(27)12-9-15-7-10-16(11-8-15)26(28)29/h3,5-12H,4,13-14H2,1-2H3. The zero-order chi connectivity index (χ0) is 21.7. The number of amides is 1. The number of aromatic nitrogens is 1.